The predicted molar refractivity (Wildman–Crippen MR) is 54.0 cm³/mol. The van der Waals surface area contributed by atoms with E-state index >= 15 is 0 Å². The van der Waals surface area contributed by atoms with Crippen LogP contribution in [0, 0.1) is 6.92 Å². The summed E-state index contributed by atoms with van der Waals surface area (Å²) >= 11 is 0. The number of rotatable bonds is 3. The molecule has 2 rings (SSSR count). The fourth-order valence-electron chi connectivity index (χ4n) is 1.41. The van der Waals surface area contributed by atoms with E-state index in [9.17, 15) is 0 Å². The van der Waals surface area contributed by atoms with E-state index in [1.807, 2.05) is 19.9 Å². The van der Waals surface area contributed by atoms with E-state index in [-0.39, 0.29) is 0 Å². The van der Waals surface area contributed by atoms with Crippen LogP contribution in [0.4, 0.5) is 5.82 Å². The maximum atomic E-state index is 5.59. The van der Waals surface area contributed by atoms with E-state index in [0.29, 0.717) is 12.4 Å². The lowest BCUT2D eigenvalue weighted by molar-refractivity contribution is 0.556. The summed E-state index contributed by atoms with van der Waals surface area (Å²) in [7, 11) is 0. The Kier molecular flexibility index (Phi) is 2.36. The minimum absolute atomic E-state index is 0.517. The van der Waals surface area contributed by atoms with Gasteiger partial charge in [-0.05, 0) is 24.3 Å². The van der Waals surface area contributed by atoms with Crippen molar-refractivity contribution in [2.45, 2.75) is 26.9 Å². The highest BCUT2D eigenvalue weighted by Gasteiger charge is 2.08. The van der Waals surface area contributed by atoms with Gasteiger partial charge >= 0.3 is 0 Å². The Balaban J connectivity index is 2.25. The fourth-order valence-corrected chi connectivity index (χ4v) is 1.41. The van der Waals surface area contributed by atoms with E-state index in [2.05, 4.69) is 20.6 Å². The Morgan fingerprint density at radius 1 is 1.40 bits per heavy atom. The largest absolute Gasteiger partial charge is 0.382 e. The summed E-state index contributed by atoms with van der Waals surface area (Å²) in [6, 6.07) is 1.82. The third kappa shape index (κ3) is 1.80. The van der Waals surface area contributed by atoms with Crippen LogP contribution >= 0.6 is 0 Å². The molecule has 2 aromatic rings. The van der Waals surface area contributed by atoms with Gasteiger partial charge in [0.05, 0.1) is 0 Å². The molecule has 0 amide bonds. The van der Waals surface area contributed by atoms with Gasteiger partial charge in [-0.3, -0.25) is 4.68 Å². The topological polar surface area (TPSA) is 87.4 Å². The maximum Gasteiger partial charge on any atom is 0.172 e. The lowest BCUT2D eigenvalue weighted by Crippen LogP contribution is -2.11. The molecule has 15 heavy (non-hydrogen) atoms. The van der Waals surface area contributed by atoms with E-state index in [1.165, 1.54) is 0 Å². The Hall–Kier alpha value is -1.92. The monoisotopic (exact) mass is 207 g/mol. The van der Waals surface area contributed by atoms with Crippen molar-refractivity contribution in [3.05, 3.63) is 17.6 Å². The maximum absolute atomic E-state index is 5.59. The normalized spacial score (nSPS) is 10.8. The molecular weight excluding hydrogens is 194 g/mol. The van der Waals surface area contributed by atoms with Crippen molar-refractivity contribution >= 4 is 5.82 Å². The highest BCUT2D eigenvalue weighted by Crippen LogP contribution is 2.06. The van der Waals surface area contributed by atoms with Crippen molar-refractivity contribution in [1.82, 2.24) is 30.0 Å². The van der Waals surface area contributed by atoms with E-state index in [0.717, 1.165) is 18.1 Å². The van der Waals surface area contributed by atoms with E-state index in [4.69, 9.17) is 5.73 Å². The molecular formula is C8H13N7. The van der Waals surface area contributed by atoms with Gasteiger partial charge in [0.2, 0.25) is 0 Å². The molecule has 7 heteroatoms. The summed E-state index contributed by atoms with van der Waals surface area (Å²) in [6.45, 7) is 5.23. The molecule has 2 heterocycles. The molecule has 0 unspecified atom stereocenters. The molecule has 0 aliphatic rings. The number of aromatic nitrogens is 6. The van der Waals surface area contributed by atoms with Crippen LogP contribution in [0.3, 0.4) is 0 Å². The molecule has 0 atom stereocenters. The number of tetrazole rings is 1. The average molecular weight is 207 g/mol. The van der Waals surface area contributed by atoms with Crippen molar-refractivity contribution in [3.8, 4) is 0 Å². The zero-order chi connectivity index (χ0) is 10.8. The minimum atomic E-state index is 0.517. The highest BCUT2D eigenvalue weighted by molar-refractivity contribution is 5.28. The van der Waals surface area contributed by atoms with Gasteiger partial charge in [0.15, 0.2) is 5.82 Å². The van der Waals surface area contributed by atoms with Crippen molar-refractivity contribution in [2.24, 2.45) is 0 Å². The molecule has 0 saturated heterocycles. The number of hydrogen-bond acceptors (Lipinski definition) is 5. The second-order valence-corrected chi connectivity index (χ2v) is 3.28. The second kappa shape index (κ2) is 3.68. The van der Waals surface area contributed by atoms with Crippen molar-refractivity contribution in [2.75, 3.05) is 5.73 Å². The van der Waals surface area contributed by atoms with Crippen molar-refractivity contribution in [3.63, 3.8) is 0 Å². The number of nitrogen functional groups attached to an aromatic ring is 1. The molecule has 7 nitrogen and oxygen atoms in total. The van der Waals surface area contributed by atoms with Crippen LogP contribution in [-0.4, -0.2) is 30.0 Å². The van der Waals surface area contributed by atoms with Crippen LogP contribution in [0.1, 0.15) is 18.4 Å². The smallest absolute Gasteiger partial charge is 0.172 e. The average Bonchev–Trinajstić information content (AvgIpc) is 2.74. The highest BCUT2D eigenvalue weighted by atomic mass is 15.5. The first-order valence-corrected chi connectivity index (χ1v) is 4.75. The van der Waals surface area contributed by atoms with Gasteiger partial charge in [-0.2, -0.15) is 5.10 Å². The molecule has 0 saturated carbocycles. The molecule has 0 aliphatic carbocycles. The molecule has 80 valence electrons. The molecule has 0 radical (unpaired) electrons. The Morgan fingerprint density at radius 3 is 2.80 bits per heavy atom. The van der Waals surface area contributed by atoms with Crippen molar-refractivity contribution in [1.29, 1.82) is 0 Å². The summed E-state index contributed by atoms with van der Waals surface area (Å²) in [5.41, 5.74) is 6.59. The molecule has 0 spiro atoms. The summed E-state index contributed by atoms with van der Waals surface area (Å²) in [4.78, 5) is 0. The summed E-state index contributed by atoms with van der Waals surface area (Å²) < 4.78 is 3.52. The minimum Gasteiger partial charge on any atom is -0.382 e. The molecule has 0 fully saturated rings. The standard InChI is InChI=1S/C8H13N7/c1-3-14-8(10-12-13-14)5-15-6(2)4-7(9)11-15/h4H,3,5H2,1-2H3,(H2,9,11). The van der Waals surface area contributed by atoms with E-state index < -0.39 is 0 Å². The summed E-state index contributed by atoms with van der Waals surface area (Å²) in [5.74, 6) is 1.30. The molecule has 2 N–H and O–H groups in total. The number of nitrogens with zero attached hydrogens (tertiary/aromatic N) is 6. The molecule has 0 bridgehead atoms. The van der Waals surface area contributed by atoms with Gasteiger partial charge in [-0.1, -0.05) is 0 Å². The van der Waals surface area contributed by atoms with Gasteiger partial charge < -0.3 is 5.73 Å². The number of aryl methyl sites for hydroxylation is 2. The summed E-state index contributed by atoms with van der Waals surface area (Å²) in [5, 5.41) is 15.5. The van der Waals surface area contributed by atoms with Gasteiger partial charge in [-0.25, -0.2) is 4.68 Å². The zero-order valence-corrected chi connectivity index (χ0v) is 8.75. The van der Waals surface area contributed by atoms with E-state index in [1.54, 1.807) is 9.36 Å². The van der Waals surface area contributed by atoms with Crippen LogP contribution in [0.25, 0.3) is 0 Å². The quantitative estimate of drug-likeness (QED) is 0.754. The summed E-state index contributed by atoms with van der Waals surface area (Å²) in [6.07, 6.45) is 0. The number of nitrogens with two attached hydrogens (primary N) is 1. The lowest BCUT2D eigenvalue weighted by Gasteiger charge is -2.03. The molecule has 0 aromatic carbocycles. The lowest BCUT2D eigenvalue weighted by atomic mass is 10.4. The first kappa shape index (κ1) is 9.63. The second-order valence-electron chi connectivity index (χ2n) is 3.28. The van der Waals surface area contributed by atoms with Gasteiger partial charge in [0.25, 0.3) is 0 Å². The number of anilines is 1. The predicted octanol–water partition coefficient (Wildman–Crippen LogP) is -0.172. The third-order valence-corrected chi connectivity index (χ3v) is 2.20. The first-order valence-electron chi connectivity index (χ1n) is 4.75. The van der Waals surface area contributed by atoms with Gasteiger partial charge in [-0.15, -0.1) is 5.10 Å². The van der Waals surface area contributed by atoms with Crippen LogP contribution in [0.15, 0.2) is 6.07 Å². The molecule has 0 aliphatic heterocycles. The Morgan fingerprint density at radius 2 is 2.20 bits per heavy atom. The number of hydrogen-bond donors (Lipinski definition) is 1. The van der Waals surface area contributed by atoms with Crippen LogP contribution in [0.2, 0.25) is 0 Å². The molecule has 2 aromatic heterocycles. The van der Waals surface area contributed by atoms with Crippen molar-refractivity contribution < 1.29 is 0 Å². The first-order chi connectivity index (χ1) is 7.20. The van der Waals surface area contributed by atoms with Crippen LogP contribution in [0.5, 0.6) is 0 Å². The SMILES string of the molecule is CCn1nnnc1Cn1nc(N)cc1C. The zero-order valence-electron chi connectivity index (χ0n) is 8.75. The van der Waals surface area contributed by atoms with Crippen LogP contribution < -0.4 is 5.73 Å². The van der Waals surface area contributed by atoms with Gasteiger partial charge in [0.1, 0.15) is 12.4 Å². The Bertz CT molecular complexity index is 455. The Labute approximate surface area is 86.9 Å². The van der Waals surface area contributed by atoms with Gasteiger partial charge in [0, 0.05) is 18.3 Å². The van der Waals surface area contributed by atoms with Crippen LogP contribution in [-0.2, 0) is 13.1 Å². The fraction of sp³-hybridized carbons (Fsp3) is 0.500. The third-order valence-electron chi connectivity index (χ3n) is 2.20.